The number of hydrogen-bond acceptors (Lipinski definition) is 3. The number of carbonyl (C=O) groups is 1. The van der Waals surface area contributed by atoms with Gasteiger partial charge in [0, 0.05) is 36.9 Å². The predicted molar refractivity (Wildman–Crippen MR) is 79.5 cm³/mol. The fourth-order valence-electron chi connectivity index (χ4n) is 1.49. The summed E-state index contributed by atoms with van der Waals surface area (Å²) in [6.07, 6.45) is 4.62. The highest BCUT2D eigenvalue weighted by Gasteiger charge is 1.95. The van der Waals surface area contributed by atoms with E-state index in [9.17, 15) is 4.79 Å². The van der Waals surface area contributed by atoms with E-state index >= 15 is 0 Å². The molecule has 17 heavy (non-hydrogen) atoms. The molecule has 0 bridgehead atoms. The summed E-state index contributed by atoms with van der Waals surface area (Å²) in [7, 11) is 0. The number of rotatable bonds is 11. The number of nitrogens with one attached hydrogen (secondary N) is 3. The SMILES string of the molecule is CCC(C)NCCNCCCCCNC(C)=O.[HH].[HH].[HH]. The van der Waals surface area contributed by atoms with Gasteiger partial charge in [-0.05, 0) is 32.7 Å². The van der Waals surface area contributed by atoms with Gasteiger partial charge in [-0.15, -0.1) is 0 Å². The van der Waals surface area contributed by atoms with Gasteiger partial charge in [-0.1, -0.05) is 13.3 Å². The summed E-state index contributed by atoms with van der Waals surface area (Å²) in [5, 5.41) is 9.67. The predicted octanol–water partition coefficient (Wildman–Crippen LogP) is 2.01. The average molecular weight is 249 g/mol. The quantitative estimate of drug-likeness (QED) is 0.491. The summed E-state index contributed by atoms with van der Waals surface area (Å²) in [5.41, 5.74) is 0. The molecule has 0 aromatic heterocycles. The molecule has 0 aliphatic rings. The zero-order valence-electron chi connectivity index (χ0n) is 11.6. The lowest BCUT2D eigenvalue weighted by molar-refractivity contribution is -0.118. The lowest BCUT2D eigenvalue weighted by atomic mass is 10.2. The van der Waals surface area contributed by atoms with Gasteiger partial charge in [0.2, 0.25) is 5.91 Å². The lowest BCUT2D eigenvalue weighted by Crippen LogP contribution is -2.33. The maximum Gasteiger partial charge on any atom is 0.216 e. The van der Waals surface area contributed by atoms with Crippen LogP contribution in [-0.4, -0.2) is 38.1 Å². The van der Waals surface area contributed by atoms with Gasteiger partial charge in [0.15, 0.2) is 0 Å². The molecule has 0 spiro atoms. The molecule has 0 aromatic rings. The molecule has 0 aliphatic heterocycles. The molecule has 1 unspecified atom stereocenters. The Hall–Kier alpha value is -0.610. The van der Waals surface area contributed by atoms with Gasteiger partial charge in [0.25, 0.3) is 0 Å². The van der Waals surface area contributed by atoms with E-state index in [4.69, 9.17) is 0 Å². The highest BCUT2D eigenvalue weighted by atomic mass is 16.1. The Morgan fingerprint density at radius 2 is 1.82 bits per heavy atom. The molecule has 0 saturated carbocycles. The molecule has 4 heteroatoms. The van der Waals surface area contributed by atoms with E-state index in [2.05, 4.69) is 29.8 Å². The Labute approximate surface area is 110 Å². The molecular formula is C13H35N3O. The molecular weight excluding hydrogens is 214 g/mol. The van der Waals surface area contributed by atoms with E-state index in [1.165, 1.54) is 19.3 Å². The van der Waals surface area contributed by atoms with E-state index in [0.717, 1.165) is 32.6 Å². The van der Waals surface area contributed by atoms with E-state index in [-0.39, 0.29) is 10.2 Å². The van der Waals surface area contributed by atoms with E-state index in [1.807, 2.05) is 0 Å². The summed E-state index contributed by atoms with van der Waals surface area (Å²) in [6.45, 7) is 9.93. The average Bonchev–Trinajstić information content (AvgIpc) is 2.30. The van der Waals surface area contributed by atoms with Gasteiger partial charge in [-0.3, -0.25) is 4.79 Å². The van der Waals surface area contributed by atoms with Crippen molar-refractivity contribution in [2.45, 2.75) is 52.5 Å². The third-order valence-electron chi connectivity index (χ3n) is 2.81. The number of hydrogen-bond donors (Lipinski definition) is 3. The second kappa shape index (κ2) is 11.9. The van der Waals surface area contributed by atoms with Crippen molar-refractivity contribution in [3.05, 3.63) is 0 Å². The monoisotopic (exact) mass is 249 g/mol. The lowest BCUT2D eigenvalue weighted by Gasteiger charge is -2.11. The molecule has 0 saturated heterocycles. The van der Waals surface area contributed by atoms with Crippen molar-refractivity contribution in [3.63, 3.8) is 0 Å². The number of unbranched alkanes of at least 4 members (excludes halogenated alkanes) is 2. The zero-order chi connectivity index (χ0) is 12.9. The standard InChI is InChI=1S/C13H29N3O.3H2/c1-4-12(2)15-11-10-14-8-6-5-7-9-16-13(3)17;;;/h12,14-15H,4-11H2,1-3H3,(H,16,17);3*1H. The van der Waals surface area contributed by atoms with Crippen LogP contribution in [-0.2, 0) is 4.79 Å². The van der Waals surface area contributed by atoms with Crippen molar-refractivity contribution in [1.29, 1.82) is 0 Å². The van der Waals surface area contributed by atoms with Crippen LogP contribution in [0.1, 0.15) is 50.7 Å². The zero-order valence-corrected chi connectivity index (χ0v) is 11.6. The number of carbonyl (C=O) groups excluding carboxylic acids is 1. The van der Waals surface area contributed by atoms with Crippen molar-refractivity contribution in [2.24, 2.45) is 0 Å². The van der Waals surface area contributed by atoms with E-state index < -0.39 is 0 Å². The van der Waals surface area contributed by atoms with Crippen molar-refractivity contribution in [3.8, 4) is 0 Å². The first-order valence-electron chi connectivity index (χ1n) is 6.85. The highest BCUT2D eigenvalue weighted by Crippen LogP contribution is 1.92. The number of amides is 1. The van der Waals surface area contributed by atoms with Crippen molar-refractivity contribution in [2.75, 3.05) is 26.2 Å². The van der Waals surface area contributed by atoms with Gasteiger partial charge in [0.1, 0.15) is 0 Å². The molecule has 108 valence electrons. The molecule has 1 amide bonds. The fourth-order valence-corrected chi connectivity index (χ4v) is 1.49. The molecule has 0 rings (SSSR count). The van der Waals surface area contributed by atoms with Gasteiger partial charge < -0.3 is 16.0 Å². The smallest absolute Gasteiger partial charge is 0.216 e. The van der Waals surface area contributed by atoms with Crippen LogP contribution < -0.4 is 16.0 Å². The normalized spacial score (nSPS) is 12.4. The van der Waals surface area contributed by atoms with Gasteiger partial charge in [-0.25, -0.2) is 0 Å². The van der Waals surface area contributed by atoms with Crippen molar-refractivity contribution >= 4 is 5.91 Å². The first-order chi connectivity index (χ1) is 8.16. The Balaban J connectivity index is -0.000000427. The van der Waals surface area contributed by atoms with Crippen LogP contribution in [0.25, 0.3) is 0 Å². The Kier molecular flexibility index (Phi) is 11.4. The third kappa shape index (κ3) is 13.3. The summed E-state index contributed by atoms with van der Waals surface area (Å²) >= 11 is 0. The summed E-state index contributed by atoms with van der Waals surface area (Å²) in [4.78, 5) is 10.6. The summed E-state index contributed by atoms with van der Waals surface area (Å²) < 4.78 is 0. The van der Waals surface area contributed by atoms with Crippen molar-refractivity contribution < 1.29 is 9.07 Å². The van der Waals surface area contributed by atoms with Crippen LogP contribution in [0, 0.1) is 0 Å². The highest BCUT2D eigenvalue weighted by molar-refractivity contribution is 5.72. The molecule has 0 radical (unpaired) electrons. The minimum Gasteiger partial charge on any atom is -0.356 e. The van der Waals surface area contributed by atoms with Crippen LogP contribution in [0.2, 0.25) is 0 Å². The molecule has 0 fully saturated rings. The maximum absolute atomic E-state index is 10.6. The summed E-state index contributed by atoms with van der Waals surface area (Å²) in [6, 6.07) is 0.620. The van der Waals surface area contributed by atoms with E-state index in [0.29, 0.717) is 6.04 Å². The summed E-state index contributed by atoms with van der Waals surface area (Å²) in [5.74, 6) is 0.0687. The van der Waals surface area contributed by atoms with Crippen LogP contribution in [0.15, 0.2) is 0 Å². The Bertz CT molecular complexity index is 198. The van der Waals surface area contributed by atoms with Gasteiger partial charge in [0.05, 0.1) is 0 Å². The topological polar surface area (TPSA) is 53.2 Å². The molecule has 0 aromatic carbocycles. The molecule has 1 atom stereocenters. The Morgan fingerprint density at radius 3 is 2.47 bits per heavy atom. The van der Waals surface area contributed by atoms with Crippen LogP contribution >= 0.6 is 0 Å². The third-order valence-corrected chi connectivity index (χ3v) is 2.81. The van der Waals surface area contributed by atoms with Crippen LogP contribution in [0.3, 0.4) is 0 Å². The fraction of sp³-hybridized carbons (Fsp3) is 0.923. The molecule has 0 heterocycles. The van der Waals surface area contributed by atoms with E-state index in [1.54, 1.807) is 6.92 Å². The molecule has 3 N–H and O–H groups in total. The first kappa shape index (κ1) is 16.4. The van der Waals surface area contributed by atoms with Gasteiger partial charge >= 0.3 is 0 Å². The Morgan fingerprint density at radius 1 is 1.12 bits per heavy atom. The van der Waals surface area contributed by atoms with Crippen molar-refractivity contribution in [1.82, 2.24) is 16.0 Å². The molecule has 0 aliphatic carbocycles. The van der Waals surface area contributed by atoms with Crippen LogP contribution in [0.5, 0.6) is 0 Å². The minimum atomic E-state index is 0. The first-order valence-corrected chi connectivity index (χ1v) is 6.85. The minimum absolute atomic E-state index is 0. The second-order valence-electron chi connectivity index (χ2n) is 4.56. The molecule has 4 nitrogen and oxygen atoms in total. The van der Waals surface area contributed by atoms with Crippen LogP contribution in [0.4, 0.5) is 0 Å². The second-order valence-corrected chi connectivity index (χ2v) is 4.56. The largest absolute Gasteiger partial charge is 0.356 e. The maximum atomic E-state index is 10.6. The van der Waals surface area contributed by atoms with Gasteiger partial charge in [-0.2, -0.15) is 0 Å².